The number of nitrogens with one attached hydrogen (secondary N) is 1. The Bertz CT molecular complexity index is 368. The Balaban J connectivity index is 1.57. The van der Waals surface area contributed by atoms with Crippen molar-refractivity contribution in [3.05, 3.63) is 35.4 Å². The summed E-state index contributed by atoms with van der Waals surface area (Å²) >= 11 is 0. The summed E-state index contributed by atoms with van der Waals surface area (Å²) in [6.07, 6.45) is 9.47. The summed E-state index contributed by atoms with van der Waals surface area (Å²) in [5.74, 6) is 0. The highest BCUT2D eigenvalue weighted by atomic mass is 15.1. The molecule has 20 heavy (non-hydrogen) atoms. The van der Waals surface area contributed by atoms with Crippen LogP contribution < -0.4 is 5.32 Å². The Kier molecular flexibility index (Phi) is 5.10. The highest BCUT2D eigenvalue weighted by molar-refractivity contribution is 5.24. The number of piperidine rings is 2. The Morgan fingerprint density at radius 2 is 1.85 bits per heavy atom. The van der Waals surface area contributed by atoms with E-state index >= 15 is 0 Å². The van der Waals surface area contributed by atoms with Gasteiger partial charge in [-0.25, -0.2) is 0 Å². The fraction of sp³-hybridized carbons (Fsp3) is 0.667. The van der Waals surface area contributed by atoms with Gasteiger partial charge in [-0.15, -0.1) is 0 Å². The topological polar surface area (TPSA) is 15.3 Å². The zero-order valence-corrected chi connectivity index (χ0v) is 12.6. The number of likely N-dealkylation sites (tertiary alicyclic amines) is 1. The number of rotatable bonds is 4. The van der Waals surface area contributed by atoms with Gasteiger partial charge in [0, 0.05) is 12.6 Å². The molecule has 1 unspecified atom stereocenters. The fourth-order valence-corrected chi connectivity index (χ4v) is 3.61. The summed E-state index contributed by atoms with van der Waals surface area (Å²) in [5.41, 5.74) is 3.01. The van der Waals surface area contributed by atoms with Crippen LogP contribution in [0.2, 0.25) is 0 Å². The van der Waals surface area contributed by atoms with Gasteiger partial charge in [0.1, 0.15) is 0 Å². The van der Waals surface area contributed by atoms with E-state index in [2.05, 4.69) is 34.5 Å². The van der Waals surface area contributed by atoms with E-state index in [1.165, 1.54) is 75.7 Å². The molecule has 0 aromatic heterocycles. The molecule has 1 N–H and O–H groups in total. The first kappa shape index (κ1) is 14.1. The Labute approximate surface area is 123 Å². The maximum Gasteiger partial charge on any atom is 0.0233 e. The van der Waals surface area contributed by atoms with Gasteiger partial charge in [-0.2, -0.15) is 0 Å². The number of hydrogen-bond acceptors (Lipinski definition) is 2. The molecular weight excluding hydrogens is 244 g/mol. The third-order valence-corrected chi connectivity index (χ3v) is 4.74. The van der Waals surface area contributed by atoms with Gasteiger partial charge in [-0.1, -0.05) is 37.1 Å². The van der Waals surface area contributed by atoms with Crippen molar-refractivity contribution in [1.82, 2.24) is 10.2 Å². The van der Waals surface area contributed by atoms with E-state index in [0.717, 1.165) is 6.54 Å². The second kappa shape index (κ2) is 7.24. The van der Waals surface area contributed by atoms with Gasteiger partial charge in [0.25, 0.3) is 0 Å². The lowest BCUT2D eigenvalue weighted by molar-refractivity contribution is 0.221. The molecule has 1 aromatic rings. The second-order valence-corrected chi connectivity index (χ2v) is 6.51. The van der Waals surface area contributed by atoms with Crippen LogP contribution in [0.3, 0.4) is 0 Å². The van der Waals surface area contributed by atoms with Crippen molar-refractivity contribution in [3.63, 3.8) is 0 Å². The summed E-state index contributed by atoms with van der Waals surface area (Å²) < 4.78 is 0. The van der Waals surface area contributed by atoms with Crippen LogP contribution in [0.4, 0.5) is 0 Å². The minimum Gasteiger partial charge on any atom is -0.314 e. The van der Waals surface area contributed by atoms with Crippen LogP contribution in [-0.4, -0.2) is 30.6 Å². The first-order chi connectivity index (χ1) is 9.90. The molecule has 2 aliphatic rings. The van der Waals surface area contributed by atoms with Crippen molar-refractivity contribution in [2.24, 2.45) is 0 Å². The third kappa shape index (κ3) is 4.07. The molecular formula is C18H28N2. The van der Waals surface area contributed by atoms with Crippen LogP contribution in [0, 0.1) is 0 Å². The zero-order valence-electron chi connectivity index (χ0n) is 12.6. The molecule has 1 aromatic carbocycles. The normalized spacial score (nSPS) is 24.7. The molecule has 2 aliphatic heterocycles. The summed E-state index contributed by atoms with van der Waals surface area (Å²) in [5, 5.41) is 3.66. The predicted molar refractivity (Wildman–Crippen MR) is 84.9 cm³/mol. The van der Waals surface area contributed by atoms with E-state index in [1.807, 2.05) is 0 Å². The molecule has 2 fully saturated rings. The largest absolute Gasteiger partial charge is 0.314 e. The standard InChI is InChI=1S/C18H28N2/c1-4-11-20(12-5-1)15-17-8-6-7-16(13-17)14-18-9-2-3-10-19-18/h6-8,13,18-19H,1-5,9-12,14-15H2. The first-order valence-corrected chi connectivity index (χ1v) is 8.44. The van der Waals surface area contributed by atoms with Crippen LogP contribution in [-0.2, 0) is 13.0 Å². The fourth-order valence-electron chi connectivity index (χ4n) is 3.61. The average Bonchev–Trinajstić information content (AvgIpc) is 2.50. The molecule has 2 heteroatoms. The quantitative estimate of drug-likeness (QED) is 0.904. The number of nitrogens with zero attached hydrogens (tertiary/aromatic N) is 1. The summed E-state index contributed by atoms with van der Waals surface area (Å²) in [4.78, 5) is 2.61. The van der Waals surface area contributed by atoms with E-state index < -0.39 is 0 Å². The molecule has 0 aliphatic carbocycles. The van der Waals surface area contributed by atoms with Crippen molar-refractivity contribution in [3.8, 4) is 0 Å². The summed E-state index contributed by atoms with van der Waals surface area (Å²) in [7, 11) is 0. The van der Waals surface area contributed by atoms with Crippen molar-refractivity contribution in [2.75, 3.05) is 19.6 Å². The predicted octanol–water partition coefficient (Wildman–Crippen LogP) is 3.36. The summed E-state index contributed by atoms with van der Waals surface area (Å²) in [6.45, 7) is 4.92. The third-order valence-electron chi connectivity index (χ3n) is 4.74. The van der Waals surface area contributed by atoms with Crippen LogP contribution in [0.1, 0.15) is 49.7 Å². The zero-order chi connectivity index (χ0) is 13.6. The maximum absolute atomic E-state index is 3.66. The smallest absolute Gasteiger partial charge is 0.0233 e. The van der Waals surface area contributed by atoms with Gasteiger partial charge in [-0.05, 0) is 62.9 Å². The van der Waals surface area contributed by atoms with Crippen molar-refractivity contribution < 1.29 is 0 Å². The molecule has 0 amide bonds. The monoisotopic (exact) mass is 272 g/mol. The molecule has 0 spiro atoms. The molecule has 0 radical (unpaired) electrons. The molecule has 0 saturated carbocycles. The number of benzene rings is 1. The maximum atomic E-state index is 3.66. The van der Waals surface area contributed by atoms with Gasteiger partial charge in [0.2, 0.25) is 0 Å². The SMILES string of the molecule is c1cc(CC2CCCCN2)cc(CN2CCCCC2)c1. The average molecular weight is 272 g/mol. The molecule has 2 saturated heterocycles. The van der Waals surface area contributed by atoms with Gasteiger partial charge >= 0.3 is 0 Å². The second-order valence-electron chi connectivity index (χ2n) is 6.51. The minimum absolute atomic E-state index is 0.703. The van der Waals surface area contributed by atoms with E-state index in [-0.39, 0.29) is 0 Å². The Hall–Kier alpha value is -0.860. The van der Waals surface area contributed by atoms with Crippen molar-refractivity contribution in [1.29, 1.82) is 0 Å². The first-order valence-electron chi connectivity index (χ1n) is 8.44. The van der Waals surface area contributed by atoms with E-state index in [1.54, 1.807) is 0 Å². The lowest BCUT2D eigenvalue weighted by Crippen LogP contribution is -2.35. The van der Waals surface area contributed by atoms with Crippen LogP contribution >= 0.6 is 0 Å². The van der Waals surface area contributed by atoms with Gasteiger partial charge in [-0.3, -0.25) is 4.90 Å². The molecule has 3 rings (SSSR count). The van der Waals surface area contributed by atoms with E-state index in [0.29, 0.717) is 6.04 Å². The van der Waals surface area contributed by atoms with Crippen molar-refractivity contribution in [2.45, 2.75) is 57.5 Å². The van der Waals surface area contributed by atoms with Gasteiger partial charge < -0.3 is 5.32 Å². The molecule has 2 heterocycles. The lowest BCUT2D eigenvalue weighted by Gasteiger charge is -2.27. The van der Waals surface area contributed by atoms with Crippen LogP contribution in [0.25, 0.3) is 0 Å². The molecule has 0 bridgehead atoms. The van der Waals surface area contributed by atoms with Gasteiger partial charge in [0.15, 0.2) is 0 Å². The summed E-state index contributed by atoms with van der Waals surface area (Å²) in [6, 6.07) is 9.99. The van der Waals surface area contributed by atoms with Crippen molar-refractivity contribution >= 4 is 0 Å². The Morgan fingerprint density at radius 3 is 2.65 bits per heavy atom. The molecule has 1 atom stereocenters. The van der Waals surface area contributed by atoms with Crippen LogP contribution in [0.15, 0.2) is 24.3 Å². The minimum atomic E-state index is 0.703. The van der Waals surface area contributed by atoms with Crippen LogP contribution in [0.5, 0.6) is 0 Å². The van der Waals surface area contributed by atoms with Gasteiger partial charge in [0.05, 0.1) is 0 Å². The lowest BCUT2D eigenvalue weighted by atomic mass is 9.96. The molecule has 2 nitrogen and oxygen atoms in total. The number of hydrogen-bond donors (Lipinski definition) is 1. The highest BCUT2D eigenvalue weighted by Crippen LogP contribution is 2.17. The van der Waals surface area contributed by atoms with E-state index in [9.17, 15) is 0 Å². The van der Waals surface area contributed by atoms with E-state index in [4.69, 9.17) is 0 Å². The Morgan fingerprint density at radius 1 is 1.00 bits per heavy atom. The highest BCUT2D eigenvalue weighted by Gasteiger charge is 2.14. The molecule has 110 valence electrons.